The summed E-state index contributed by atoms with van der Waals surface area (Å²) >= 11 is 6.18. The minimum atomic E-state index is 0.405. The van der Waals surface area contributed by atoms with Crippen molar-refractivity contribution in [1.82, 2.24) is 19.9 Å². The first-order valence-corrected chi connectivity index (χ1v) is 8.01. The molecular formula is C17H17ClN4. The lowest BCUT2D eigenvalue weighted by molar-refractivity contribution is 0.444. The average Bonchev–Trinajstić information content (AvgIpc) is 2.95. The largest absolute Gasteiger partial charge is 0.316 e. The Labute approximate surface area is 134 Å². The number of piperidine rings is 1. The first kappa shape index (κ1) is 13.7. The van der Waals surface area contributed by atoms with E-state index in [1.807, 2.05) is 36.5 Å². The molecule has 0 bridgehead atoms. The summed E-state index contributed by atoms with van der Waals surface area (Å²) in [4.78, 5) is 9.40. The zero-order chi connectivity index (χ0) is 14.9. The van der Waals surface area contributed by atoms with E-state index in [2.05, 4.69) is 20.9 Å². The van der Waals surface area contributed by atoms with Gasteiger partial charge in [-0.2, -0.15) is 0 Å². The van der Waals surface area contributed by atoms with Gasteiger partial charge >= 0.3 is 0 Å². The van der Waals surface area contributed by atoms with Gasteiger partial charge in [0, 0.05) is 23.7 Å². The van der Waals surface area contributed by atoms with E-state index in [0.29, 0.717) is 5.92 Å². The van der Waals surface area contributed by atoms with Gasteiger partial charge in [-0.05, 0) is 49.7 Å². The molecule has 4 nitrogen and oxygen atoms in total. The summed E-state index contributed by atoms with van der Waals surface area (Å²) in [6, 6.07) is 11.8. The maximum absolute atomic E-state index is 6.18. The molecule has 1 aliphatic rings. The Hall–Kier alpha value is -1.91. The van der Waals surface area contributed by atoms with Crippen molar-refractivity contribution >= 4 is 22.8 Å². The summed E-state index contributed by atoms with van der Waals surface area (Å²) in [7, 11) is 0. The van der Waals surface area contributed by atoms with Crippen LogP contribution in [0.4, 0.5) is 0 Å². The molecule has 22 heavy (non-hydrogen) atoms. The Kier molecular flexibility index (Phi) is 3.56. The summed E-state index contributed by atoms with van der Waals surface area (Å²) < 4.78 is 2.15. The van der Waals surface area contributed by atoms with Crippen LogP contribution in [0.3, 0.4) is 0 Å². The third-order valence-electron chi connectivity index (χ3n) is 4.17. The third kappa shape index (κ3) is 2.38. The molecule has 4 rings (SSSR count). The number of halogens is 1. The van der Waals surface area contributed by atoms with Gasteiger partial charge in [0.2, 0.25) is 0 Å². The van der Waals surface area contributed by atoms with Crippen LogP contribution in [0.15, 0.2) is 42.6 Å². The van der Waals surface area contributed by atoms with Gasteiger partial charge in [0.25, 0.3) is 0 Å². The summed E-state index contributed by atoms with van der Waals surface area (Å²) in [6.45, 7) is 2.05. The van der Waals surface area contributed by atoms with E-state index in [1.165, 1.54) is 6.42 Å². The molecule has 5 heteroatoms. The Balaban J connectivity index is 1.93. The molecule has 3 heterocycles. The highest BCUT2D eigenvalue weighted by Crippen LogP contribution is 2.29. The average molecular weight is 313 g/mol. The van der Waals surface area contributed by atoms with Crippen molar-refractivity contribution in [1.29, 1.82) is 0 Å². The van der Waals surface area contributed by atoms with Crippen LogP contribution in [0.2, 0.25) is 5.02 Å². The zero-order valence-corrected chi connectivity index (χ0v) is 12.9. The predicted molar refractivity (Wildman–Crippen MR) is 88.7 cm³/mol. The van der Waals surface area contributed by atoms with Gasteiger partial charge in [-0.3, -0.25) is 4.57 Å². The highest BCUT2D eigenvalue weighted by Gasteiger charge is 2.23. The number of nitrogens with one attached hydrogen (secondary N) is 1. The molecule has 1 unspecified atom stereocenters. The van der Waals surface area contributed by atoms with Crippen molar-refractivity contribution in [3.05, 3.63) is 53.4 Å². The molecule has 1 aliphatic heterocycles. The fourth-order valence-corrected chi connectivity index (χ4v) is 3.33. The summed E-state index contributed by atoms with van der Waals surface area (Å²) in [5.74, 6) is 1.48. The molecule has 1 aromatic carbocycles. The Morgan fingerprint density at radius 3 is 3.00 bits per heavy atom. The predicted octanol–water partition coefficient (Wildman–Crippen LogP) is 3.54. The van der Waals surface area contributed by atoms with Gasteiger partial charge in [0.15, 0.2) is 5.65 Å². The summed E-state index contributed by atoms with van der Waals surface area (Å²) in [5, 5.41) is 4.19. The third-order valence-corrected chi connectivity index (χ3v) is 4.41. The Bertz CT molecular complexity index is 805. The van der Waals surface area contributed by atoms with Crippen LogP contribution in [0.5, 0.6) is 0 Å². The fourth-order valence-electron chi connectivity index (χ4n) is 3.15. The number of hydrogen-bond acceptors (Lipinski definition) is 3. The number of imidazole rings is 1. The van der Waals surface area contributed by atoms with E-state index < -0.39 is 0 Å². The molecule has 0 radical (unpaired) electrons. The molecule has 0 spiro atoms. The molecule has 0 aliphatic carbocycles. The highest BCUT2D eigenvalue weighted by atomic mass is 35.5. The van der Waals surface area contributed by atoms with Crippen LogP contribution in [0.1, 0.15) is 24.6 Å². The summed E-state index contributed by atoms with van der Waals surface area (Å²) in [5.41, 5.74) is 2.85. The van der Waals surface area contributed by atoms with Crippen molar-refractivity contribution in [2.24, 2.45) is 0 Å². The molecule has 1 atom stereocenters. The lowest BCUT2D eigenvalue weighted by Crippen LogP contribution is -2.29. The Morgan fingerprint density at radius 1 is 1.23 bits per heavy atom. The minimum absolute atomic E-state index is 0.405. The molecule has 3 aromatic rings. The normalized spacial score (nSPS) is 18.7. The van der Waals surface area contributed by atoms with Crippen LogP contribution < -0.4 is 5.32 Å². The maximum Gasteiger partial charge on any atom is 0.164 e. The standard InChI is InChI=1S/C17H17ClN4/c18-13-5-1-6-14(10-13)22-16(12-4-2-8-19-11-12)21-15-7-3-9-20-17(15)22/h1,3,5-7,9-10,12,19H,2,4,8,11H2. The summed E-state index contributed by atoms with van der Waals surface area (Å²) in [6.07, 6.45) is 4.14. The number of aromatic nitrogens is 3. The Morgan fingerprint density at radius 2 is 2.18 bits per heavy atom. The quantitative estimate of drug-likeness (QED) is 0.787. The second kappa shape index (κ2) is 5.71. The highest BCUT2D eigenvalue weighted by molar-refractivity contribution is 6.30. The van der Waals surface area contributed by atoms with E-state index in [4.69, 9.17) is 16.6 Å². The number of rotatable bonds is 2. The molecule has 112 valence electrons. The fraction of sp³-hybridized carbons (Fsp3) is 0.294. The number of fused-ring (bicyclic) bond motifs is 1. The number of pyridine rings is 1. The second-order valence-corrected chi connectivity index (χ2v) is 6.11. The minimum Gasteiger partial charge on any atom is -0.316 e. The van der Waals surface area contributed by atoms with Crippen molar-refractivity contribution in [2.45, 2.75) is 18.8 Å². The molecule has 1 N–H and O–H groups in total. The molecule has 1 fully saturated rings. The van der Waals surface area contributed by atoms with Gasteiger partial charge in [-0.15, -0.1) is 0 Å². The molecule has 0 saturated carbocycles. The maximum atomic E-state index is 6.18. The smallest absolute Gasteiger partial charge is 0.164 e. The molecule has 1 saturated heterocycles. The van der Waals surface area contributed by atoms with Gasteiger partial charge in [-0.25, -0.2) is 9.97 Å². The SMILES string of the molecule is Clc1cccc(-n2c(C3CCCNC3)nc3cccnc32)c1. The van der Waals surface area contributed by atoms with Gasteiger partial charge in [0.1, 0.15) is 11.3 Å². The van der Waals surface area contributed by atoms with Crippen molar-refractivity contribution < 1.29 is 0 Å². The number of hydrogen-bond donors (Lipinski definition) is 1. The van der Waals surface area contributed by atoms with Gasteiger partial charge in [0.05, 0.1) is 5.69 Å². The van der Waals surface area contributed by atoms with Crippen molar-refractivity contribution in [3.63, 3.8) is 0 Å². The van der Waals surface area contributed by atoms with Gasteiger partial charge < -0.3 is 5.32 Å². The van der Waals surface area contributed by atoms with Crippen LogP contribution in [-0.4, -0.2) is 27.6 Å². The first-order valence-electron chi connectivity index (χ1n) is 7.63. The van der Waals surface area contributed by atoms with Crippen LogP contribution in [0.25, 0.3) is 16.9 Å². The van der Waals surface area contributed by atoms with Gasteiger partial charge in [-0.1, -0.05) is 17.7 Å². The van der Waals surface area contributed by atoms with E-state index in [9.17, 15) is 0 Å². The van der Waals surface area contributed by atoms with Crippen LogP contribution >= 0.6 is 11.6 Å². The van der Waals surface area contributed by atoms with Crippen LogP contribution in [0, 0.1) is 0 Å². The molecular weight excluding hydrogens is 296 g/mol. The van der Waals surface area contributed by atoms with Crippen molar-refractivity contribution in [2.75, 3.05) is 13.1 Å². The topological polar surface area (TPSA) is 42.7 Å². The second-order valence-electron chi connectivity index (χ2n) is 5.67. The van der Waals surface area contributed by atoms with E-state index in [-0.39, 0.29) is 0 Å². The first-order chi connectivity index (χ1) is 10.8. The van der Waals surface area contributed by atoms with Crippen molar-refractivity contribution in [3.8, 4) is 5.69 Å². The number of benzene rings is 1. The van der Waals surface area contributed by atoms with Crippen LogP contribution in [-0.2, 0) is 0 Å². The molecule has 0 amide bonds. The van der Waals surface area contributed by atoms with E-state index in [1.54, 1.807) is 0 Å². The number of nitrogens with zero attached hydrogens (tertiary/aromatic N) is 3. The monoisotopic (exact) mass is 312 g/mol. The van der Waals surface area contributed by atoms with E-state index >= 15 is 0 Å². The lowest BCUT2D eigenvalue weighted by atomic mass is 9.99. The van der Waals surface area contributed by atoms with E-state index in [0.717, 1.165) is 47.2 Å². The zero-order valence-electron chi connectivity index (χ0n) is 12.2. The lowest BCUT2D eigenvalue weighted by Gasteiger charge is -2.23. The molecule has 2 aromatic heterocycles.